The standard InChI is InChI=1S/C13H12BrF3O4/c1-3-19-12(18)8(2)7-20-9-4-5-11(10(14)6-9)21-13(15,16)17/h4-6H,2-3,7H2,1H3. The van der Waals surface area contributed by atoms with Crippen molar-refractivity contribution < 1.29 is 32.2 Å². The van der Waals surface area contributed by atoms with Crippen molar-refractivity contribution in [2.24, 2.45) is 0 Å². The molecule has 8 heteroatoms. The van der Waals surface area contributed by atoms with Crippen LogP contribution in [0.15, 0.2) is 34.8 Å². The lowest BCUT2D eigenvalue weighted by molar-refractivity contribution is -0.274. The Balaban J connectivity index is 2.64. The zero-order chi connectivity index (χ0) is 16.0. The molecule has 0 saturated carbocycles. The Morgan fingerprint density at radius 1 is 1.38 bits per heavy atom. The SMILES string of the molecule is C=C(COc1ccc(OC(F)(F)F)c(Br)c1)C(=O)OCC. The minimum absolute atomic E-state index is 0.0686. The monoisotopic (exact) mass is 368 g/mol. The first-order valence-electron chi connectivity index (χ1n) is 5.76. The molecule has 4 nitrogen and oxygen atoms in total. The largest absolute Gasteiger partial charge is 0.573 e. The molecule has 116 valence electrons. The number of carbonyl (C=O) groups is 1. The van der Waals surface area contributed by atoms with Gasteiger partial charge >= 0.3 is 12.3 Å². The van der Waals surface area contributed by atoms with E-state index in [4.69, 9.17) is 9.47 Å². The van der Waals surface area contributed by atoms with E-state index in [9.17, 15) is 18.0 Å². The molecule has 0 bridgehead atoms. The minimum atomic E-state index is -4.77. The highest BCUT2D eigenvalue weighted by atomic mass is 79.9. The molecular weight excluding hydrogens is 357 g/mol. The second-order valence-electron chi connectivity index (χ2n) is 3.75. The van der Waals surface area contributed by atoms with Crippen molar-refractivity contribution in [2.75, 3.05) is 13.2 Å². The third-order valence-electron chi connectivity index (χ3n) is 2.11. The van der Waals surface area contributed by atoms with Crippen LogP contribution < -0.4 is 9.47 Å². The Morgan fingerprint density at radius 2 is 2.05 bits per heavy atom. The van der Waals surface area contributed by atoms with Crippen LogP contribution in [-0.4, -0.2) is 25.5 Å². The van der Waals surface area contributed by atoms with E-state index in [1.807, 2.05) is 0 Å². The number of benzene rings is 1. The zero-order valence-corrected chi connectivity index (χ0v) is 12.6. The van der Waals surface area contributed by atoms with Crippen LogP contribution in [0.25, 0.3) is 0 Å². The summed E-state index contributed by atoms with van der Waals surface area (Å²) in [4.78, 5) is 11.3. The van der Waals surface area contributed by atoms with Gasteiger partial charge in [-0.3, -0.25) is 0 Å². The van der Waals surface area contributed by atoms with Gasteiger partial charge in [-0.15, -0.1) is 13.2 Å². The fourth-order valence-electron chi connectivity index (χ4n) is 1.24. The normalized spacial score (nSPS) is 10.9. The predicted molar refractivity (Wildman–Crippen MR) is 72.1 cm³/mol. The fraction of sp³-hybridized carbons (Fsp3) is 0.308. The molecule has 0 aromatic heterocycles. The highest BCUT2D eigenvalue weighted by Crippen LogP contribution is 2.33. The van der Waals surface area contributed by atoms with Gasteiger partial charge in [0.25, 0.3) is 0 Å². The summed E-state index contributed by atoms with van der Waals surface area (Å²) < 4.78 is 50.1. The summed E-state index contributed by atoms with van der Waals surface area (Å²) in [6.07, 6.45) is -4.77. The second-order valence-corrected chi connectivity index (χ2v) is 4.61. The lowest BCUT2D eigenvalue weighted by atomic mass is 10.3. The molecule has 1 aromatic rings. The van der Waals surface area contributed by atoms with Gasteiger partial charge in [0.1, 0.15) is 18.1 Å². The van der Waals surface area contributed by atoms with E-state index in [-0.39, 0.29) is 34.8 Å². The van der Waals surface area contributed by atoms with Gasteiger partial charge in [0.05, 0.1) is 16.7 Å². The molecule has 0 saturated heterocycles. The van der Waals surface area contributed by atoms with Crippen molar-refractivity contribution in [1.29, 1.82) is 0 Å². The van der Waals surface area contributed by atoms with Gasteiger partial charge in [-0.05, 0) is 41.1 Å². The van der Waals surface area contributed by atoms with Crippen LogP contribution in [0.5, 0.6) is 11.5 Å². The number of hydrogen-bond donors (Lipinski definition) is 0. The lowest BCUT2D eigenvalue weighted by Gasteiger charge is -2.12. The van der Waals surface area contributed by atoms with E-state index in [0.717, 1.165) is 6.07 Å². The summed E-state index contributed by atoms with van der Waals surface area (Å²) in [6.45, 7) is 5.23. The molecule has 0 aliphatic rings. The molecule has 0 fully saturated rings. The van der Waals surface area contributed by atoms with Crippen molar-refractivity contribution in [3.63, 3.8) is 0 Å². The number of alkyl halides is 3. The molecule has 0 atom stereocenters. The van der Waals surface area contributed by atoms with Gasteiger partial charge < -0.3 is 14.2 Å². The number of carbonyl (C=O) groups excluding carboxylic acids is 1. The highest BCUT2D eigenvalue weighted by Gasteiger charge is 2.32. The Labute approximate surface area is 127 Å². The number of halogens is 4. The molecule has 0 heterocycles. The molecule has 0 unspecified atom stereocenters. The Hall–Kier alpha value is -1.70. The third kappa shape index (κ3) is 6.07. The van der Waals surface area contributed by atoms with E-state index >= 15 is 0 Å². The molecule has 0 spiro atoms. The van der Waals surface area contributed by atoms with Gasteiger partial charge in [-0.25, -0.2) is 4.79 Å². The van der Waals surface area contributed by atoms with E-state index in [0.29, 0.717) is 0 Å². The van der Waals surface area contributed by atoms with Gasteiger partial charge in [0.15, 0.2) is 0 Å². The van der Waals surface area contributed by atoms with Gasteiger partial charge in [0.2, 0.25) is 0 Å². The lowest BCUT2D eigenvalue weighted by Crippen LogP contribution is -2.17. The fourth-order valence-corrected chi connectivity index (χ4v) is 1.68. The average Bonchev–Trinajstić information content (AvgIpc) is 2.37. The summed E-state index contributed by atoms with van der Waals surface area (Å²) in [6, 6.07) is 3.67. The molecule has 21 heavy (non-hydrogen) atoms. The zero-order valence-electron chi connectivity index (χ0n) is 11.0. The van der Waals surface area contributed by atoms with Crippen molar-refractivity contribution in [2.45, 2.75) is 13.3 Å². The van der Waals surface area contributed by atoms with Crippen molar-refractivity contribution in [3.05, 3.63) is 34.8 Å². The molecule has 1 aromatic carbocycles. The second kappa shape index (κ2) is 7.35. The quantitative estimate of drug-likeness (QED) is 0.565. The minimum Gasteiger partial charge on any atom is -0.489 e. The predicted octanol–water partition coefficient (Wildman–Crippen LogP) is 3.85. The summed E-state index contributed by atoms with van der Waals surface area (Å²) in [7, 11) is 0. The summed E-state index contributed by atoms with van der Waals surface area (Å²) in [5.41, 5.74) is 0.101. The van der Waals surface area contributed by atoms with Crippen LogP contribution in [0.2, 0.25) is 0 Å². The van der Waals surface area contributed by atoms with Crippen LogP contribution >= 0.6 is 15.9 Å². The first-order chi connectivity index (χ1) is 9.73. The number of ether oxygens (including phenoxy) is 3. The first kappa shape index (κ1) is 17.4. The summed E-state index contributed by atoms with van der Waals surface area (Å²) >= 11 is 2.94. The number of rotatable bonds is 6. The van der Waals surface area contributed by atoms with Crippen LogP contribution in [-0.2, 0) is 9.53 Å². The van der Waals surface area contributed by atoms with Gasteiger partial charge in [-0.1, -0.05) is 6.58 Å². The Morgan fingerprint density at radius 3 is 2.57 bits per heavy atom. The molecule has 0 aliphatic carbocycles. The maximum Gasteiger partial charge on any atom is 0.573 e. The van der Waals surface area contributed by atoms with Gasteiger partial charge in [-0.2, -0.15) is 0 Å². The van der Waals surface area contributed by atoms with Crippen LogP contribution in [0, 0.1) is 0 Å². The molecule has 0 N–H and O–H groups in total. The topological polar surface area (TPSA) is 44.8 Å². The molecule has 0 aliphatic heterocycles. The maximum absolute atomic E-state index is 12.1. The van der Waals surface area contributed by atoms with E-state index in [1.54, 1.807) is 6.92 Å². The van der Waals surface area contributed by atoms with Crippen LogP contribution in [0.4, 0.5) is 13.2 Å². The first-order valence-corrected chi connectivity index (χ1v) is 6.55. The molecule has 1 rings (SSSR count). The maximum atomic E-state index is 12.1. The third-order valence-corrected chi connectivity index (χ3v) is 2.73. The highest BCUT2D eigenvalue weighted by molar-refractivity contribution is 9.10. The summed E-state index contributed by atoms with van der Waals surface area (Å²) in [5.74, 6) is -0.727. The van der Waals surface area contributed by atoms with E-state index < -0.39 is 12.3 Å². The van der Waals surface area contributed by atoms with Crippen molar-refractivity contribution in [3.8, 4) is 11.5 Å². The van der Waals surface area contributed by atoms with Gasteiger partial charge in [0, 0.05) is 0 Å². The van der Waals surface area contributed by atoms with E-state index in [2.05, 4.69) is 27.2 Å². The van der Waals surface area contributed by atoms with Crippen molar-refractivity contribution in [1.82, 2.24) is 0 Å². The van der Waals surface area contributed by atoms with Crippen LogP contribution in [0.1, 0.15) is 6.92 Å². The molecule has 0 radical (unpaired) electrons. The average molecular weight is 369 g/mol. The molecular formula is C13H12BrF3O4. The Kier molecular flexibility index (Phi) is 6.07. The molecule has 0 amide bonds. The summed E-state index contributed by atoms with van der Waals surface area (Å²) in [5, 5.41) is 0. The van der Waals surface area contributed by atoms with E-state index in [1.165, 1.54) is 12.1 Å². The van der Waals surface area contributed by atoms with Crippen LogP contribution in [0.3, 0.4) is 0 Å². The number of hydrogen-bond acceptors (Lipinski definition) is 4. The number of esters is 1. The Bertz CT molecular complexity index is 529. The van der Waals surface area contributed by atoms with Crippen molar-refractivity contribution >= 4 is 21.9 Å². The smallest absolute Gasteiger partial charge is 0.489 e.